The van der Waals surface area contributed by atoms with Gasteiger partial charge in [0.15, 0.2) is 0 Å². The Balaban J connectivity index is 2.13. The van der Waals surface area contributed by atoms with E-state index in [0.717, 1.165) is 32.4 Å². The van der Waals surface area contributed by atoms with Crippen molar-refractivity contribution in [3.05, 3.63) is 0 Å². The van der Waals surface area contributed by atoms with Gasteiger partial charge in [-0.15, -0.1) is 0 Å². The van der Waals surface area contributed by atoms with Crippen molar-refractivity contribution in [3.63, 3.8) is 0 Å². The number of hydrogen-bond donors (Lipinski definition) is 1. The Morgan fingerprint density at radius 1 is 1.53 bits per heavy atom. The van der Waals surface area contributed by atoms with E-state index in [0.29, 0.717) is 18.4 Å². The maximum Gasteiger partial charge on any atom is 0.222 e. The topological polar surface area (TPSA) is 55.6 Å². The first-order valence-corrected chi connectivity index (χ1v) is 6.64. The summed E-state index contributed by atoms with van der Waals surface area (Å²) in [4.78, 5) is 13.7. The molecule has 2 N–H and O–H groups in total. The molecule has 1 unspecified atom stereocenters. The van der Waals surface area contributed by atoms with Gasteiger partial charge in [-0.2, -0.15) is 0 Å². The zero-order valence-corrected chi connectivity index (χ0v) is 11.3. The number of carbonyl (C=O) groups excluding carboxylic acids is 1. The van der Waals surface area contributed by atoms with Gasteiger partial charge in [-0.1, -0.05) is 0 Å². The molecule has 1 atom stereocenters. The molecule has 1 aliphatic carbocycles. The lowest BCUT2D eigenvalue weighted by Gasteiger charge is -2.35. The monoisotopic (exact) mass is 242 g/mol. The molecule has 0 spiro atoms. The minimum atomic E-state index is 0.163. The number of hydrogen-bond acceptors (Lipinski definition) is 3. The lowest BCUT2D eigenvalue weighted by molar-refractivity contribution is -0.133. The molecule has 1 rings (SSSR count). The van der Waals surface area contributed by atoms with E-state index in [-0.39, 0.29) is 11.9 Å². The fraction of sp³-hybridized carbons (Fsp3) is 0.923. The van der Waals surface area contributed by atoms with Crippen LogP contribution in [-0.4, -0.2) is 43.2 Å². The van der Waals surface area contributed by atoms with Gasteiger partial charge in [0.2, 0.25) is 5.91 Å². The molecule has 1 aliphatic rings. The number of nitrogens with zero attached hydrogens (tertiary/aromatic N) is 1. The maximum absolute atomic E-state index is 11.9. The van der Waals surface area contributed by atoms with Crippen LogP contribution in [0.25, 0.3) is 0 Å². The molecule has 0 aliphatic heterocycles. The van der Waals surface area contributed by atoms with E-state index in [4.69, 9.17) is 10.5 Å². The van der Waals surface area contributed by atoms with Crippen molar-refractivity contribution in [3.8, 4) is 0 Å². The Hall–Kier alpha value is -0.610. The van der Waals surface area contributed by atoms with Gasteiger partial charge in [0.05, 0.1) is 6.10 Å². The number of amides is 1. The van der Waals surface area contributed by atoms with Crippen molar-refractivity contribution < 1.29 is 9.53 Å². The van der Waals surface area contributed by atoms with Gasteiger partial charge < -0.3 is 15.4 Å². The zero-order valence-electron chi connectivity index (χ0n) is 11.3. The Kier molecular flexibility index (Phi) is 5.92. The molecule has 1 saturated carbocycles. The number of nitrogens with two attached hydrogens (primary N) is 1. The average molecular weight is 242 g/mol. The average Bonchev–Trinajstić information content (AvgIpc) is 2.22. The van der Waals surface area contributed by atoms with Crippen LogP contribution < -0.4 is 5.73 Å². The normalized spacial score (nSPS) is 25.2. The summed E-state index contributed by atoms with van der Waals surface area (Å²) in [5.41, 5.74) is 5.68. The van der Waals surface area contributed by atoms with Crippen LogP contribution in [0.15, 0.2) is 0 Å². The van der Waals surface area contributed by atoms with E-state index >= 15 is 0 Å². The standard InChI is InChI=1S/C13H26N2O2/c1-4-17-12-7-11(8-12)9-13(16)15(3)6-5-10(2)14/h10-12H,4-9,14H2,1-3H3. The van der Waals surface area contributed by atoms with Gasteiger partial charge in [0.25, 0.3) is 0 Å². The van der Waals surface area contributed by atoms with Gasteiger partial charge in [-0.05, 0) is 39.0 Å². The molecule has 4 heteroatoms. The molecular formula is C13H26N2O2. The minimum Gasteiger partial charge on any atom is -0.378 e. The van der Waals surface area contributed by atoms with Gasteiger partial charge in [0.1, 0.15) is 0 Å². The Labute approximate surface area is 104 Å². The summed E-state index contributed by atoms with van der Waals surface area (Å²) in [6.45, 7) is 5.52. The quantitative estimate of drug-likeness (QED) is 0.734. The molecule has 0 bridgehead atoms. The van der Waals surface area contributed by atoms with E-state index in [9.17, 15) is 4.79 Å². The van der Waals surface area contributed by atoms with E-state index < -0.39 is 0 Å². The highest BCUT2D eigenvalue weighted by Gasteiger charge is 2.31. The highest BCUT2D eigenvalue weighted by atomic mass is 16.5. The third kappa shape index (κ3) is 5.04. The van der Waals surface area contributed by atoms with Gasteiger partial charge in [0, 0.05) is 32.7 Å². The largest absolute Gasteiger partial charge is 0.378 e. The predicted octanol–water partition coefficient (Wildman–Crippen LogP) is 1.39. The summed E-state index contributed by atoms with van der Waals surface area (Å²) in [7, 11) is 1.86. The van der Waals surface area contributed by atoms with E-state index in [1.807, 2.05) is 20.9 Å². The molecular weight excluding hydrogens is 216 g/mol. The Morgan fingerprint density at radius 2 is 2.18 bits per heavy atom. The number of carbonyl (C=O) groups is 1. The summed E-state index contributed by atoms with van der Waals surface area (Å²) >= 11 is 0. The van der Waals surface area contributed by atoms with Crippen LogP contribution >= 0.6 is 0 Å². The third-order valence-electron chi connectivity index (χ3n) is 3.40. The smallest absolute Gasteiger partial charge is 0.222 e. The molecule has 4 nitrogen and oxygen atoms in total. The van der Waals surface area contributed by atoms with Gasteiger partial charge >= 0.3 is 0 Å². The zero-order chi connectivity index (χ0) is 12.8. The molecule has 0 aromatic heterocycles. The first-order chi connectivity index (χ1) is 8.02. The van der Waals surface area contributed by atoms with E-state index in [1.165, 1.54) is 0 Å². The summed E-state index contributed by atoms with van der Waals surface area (Å²) in [6, 6.07) is 0.163. The first-order valence-electron chi connectivity index (χ1n) is 6.64. The summed E-state index contributed by atoms with van der Waals surface area (Å²) < 4.78 is 5.49. The van der Waals surface area contributed by atoms with Crippen molar-refractivity contribution in [1.29, 1.82) is 0 Å². The second-order valence-electron chi connectivity index (χ2n) is 5.20. The van der Waals surface area contributed by atoms with Gasteiger partial charge in [-0.25, -0.2) is 0 Å². The maximum atomic E-state index is 11.9. The lowest BCUT2D eigenvalue weighted by Crippen LogP contribution is -2.37. The highest BCUT2D eigenvalue weighted by molar-refractivity contribution is 5.76. The molecule has 0 radical (unpaired) electrons. The van der Waals surface area contributed by atoms with Crippen LogP contribution in [0.3, 0.4) is 0 Å². The van der Waals surface area contributed by atoms with Crippen LogP contribution in [0.5, 0.6) is 0 Å². The SMILES string of the molecule is CCOC1CC(CC(=O)N(C)CCC(C)N)C1. The van der Waals surface area contributed by atoms with Crippen molar-refractivity contribution >= 4 is 5.91 Å². The van der Waals surface area contributed by atoms with Crippen LogP contribution in [-0.2, 0) is 9.53 Å². The van der Waals surface area contributed by atoms with E-state index in [2.05, 4.69) is 0 Å². The summed E-state index contributed by atoms with van der Waals surface area (Å²) in [6.07, 6.45) is 4.02. The van der Waals surface area contributed by atoms with Crippen LogP contribution in [0.2, 0.25) is 0 Å². The number of ether oxygens (including phenoxy) is 1. The molecule has 1 fully saturated rings. The first kappa shape index (κ1) is 14.5. The molecule has 0 saturated heterocycles. The molecule has 0 heterocycles. The molecule has 0 aromatic rings. The highest BCUT2D eigenvalue weighted by Crippen LogP contribution is 2.32. The summed E-state index contributed by atoms with van der Waals surface area (Å²) in [5.74, 6) is 0.766. The molecule has 0 aromatic carbocycles. The number of rotatable bonds is 7. The fourth-order valence-electron chi connectivity index (χ4n) is 2.14. The second kappa shape index (κ2) is 6.97. The lowest BCUT2D eigenvalue weighted by atomic mass is 9.80. The van der Waals surface area contributed by atoms with Crippen molar-refractivity contribution in [2.75, 3.05) is 20.2 Å². The van der Waals surface area contributed by atoms with Crippen LogP contribution in [0.4, 0.5) is 0 Å². The third-order valence-corrected chi connectivity index (χ3v) is 3.40. The Morgan fingerprint density at radius 3 is 2.71 bits per heavy atom. The van der Waals surface area contributed by atoms with Gasteiger partial charge in [-0.3, -0.25) is 4.79 Å². The molecule has 1 amide bonds. The fourth-order valence-corrected chi connectivity index (χ4v) is 2.14. The van der Waals surface area contributed by atoms with Crippen LogP contribution in [0, 0.1) is 5.92 Å². The predicted molar refractivity (Wildman–Crippen MR) is 68.7 cm³/mol. The van der Waals surface area contributed by atoms with Crippen molar-refractivity contribution in [2.45, 2.75) is 51.7 Å². The minimum absolute atomic E-state index is 0.163. The molecule has 100 valence electrons. The van der Waals surface area contributed by atoms with Crippen molar-refractivity contribution in [1.82, 2.24) is 4.90 Å². The van der Waals surface area contributed by atoms with Crippen LogP contribution in [0.1, 0.15) is 39.5 Å². The Bertz CT molecular complexity index is 238. The molecule has 17 heavy (non-hydrogen) atoms. The summed E-state index contributed by atoms with van der Waals surface area (Å²) in [5, 5.41) is 0. The second-order valence-corrected chi connectivity index (χ2v) is 5.20. The van der Waals surface area contributed by atoms with E-state index in [1.54, 1.807) is 4.90 Å². The van der Waals surface area contributed by atoms with Crippen molar-refractivity contribution in [2.24, 2.45) is 11.7 Å².